The van der Waals surface area contributed by atoms with Crippen molar-refractivity contribution in [1.29, 1.82) is 0 Å². The molecule has 0 amide bonds. The molecule has 1 aliphatic carbocycles. The Hall–Kier alpha value is -3.15. The lowest BCUT2D eigenvalue weighted by Gasteiger charge is -2.18. The predicted octanol–water partition coefficient (Wildman–Crippen LogP) is 4.52. The smallest absolute Gasteiger partial charge is 0.196 e. The van der Waals surface area contributed by atoms with Gasteiger partial charge in [-0.3, -0.25) is 9.59 Å². The summed E-state index contributed by atoms with van der Waals surface area (Å²) in [6.45, 7) is 0. The van der Waals surface area contributed by atoms with Gasteiger partial charge in [0.1, 0.15) is 0 Å². The molecule has 4 rings (SSSR count). The van der Waals surface area contributed by atoms with Crippen LogP contribution in [0.2, 0.25) is 5.02 Å². The second-order valence-corrected chi connectivity index (χ2v) is 6.05. The zero-order valence-electron chi connectivity index (χ0n) is 13.0. The Labute approximate surface area is 150 Å². The molecule has 0 unspecified atom stereocenters. The van der Waals surface area contributed by atoms with Crippen molar-refractivity contribution in [3.8, 4) is 11.8 Å². The first-order chi connectivity index (χ1) is 12.2. The minimum atomic E-state index is -0.237. The summed E-state index contributed by atoms with van der Waals surface area (Å²) < 4.78 is 0. The molecular weight excluding hydrogens is 332 g/mol. The molecule has 0 aromatic heterocycles. The van der Waals surface area contributed by atoms with E-state index in [9.17, 15) is 9.59 Å². The lowest BCUT2D eigenvalue weighted by molar-refractivity contribution is 0.0979. The summed E-state index contributed by atoms with van der Waals surface area (Å²) in [7, 11) is 0. The Kier molecular flexibility index (Phi) is 3.72. The van der Waals surface area contributed by atoms with Gasteiger partial charge < -0.3 is 0 Å². The Morgan fingerprint density at radius 3 is 2.00 bits per heavy atom. The maximum atomic E-state index is 12.8. The number of halogens is 1. The summed E-state index contributed by atoms with van der Waals surface area (Å²) in [5.41, 5.74) is 2.76. The third-order valence-electron chi connectivity index (χ3n) is 4.15. The average molecular weight is 343 g/mol. The molecule has 0 aliphatic heterocycles. The van der Waals surface area contributed by atoms with E-state index < -0.39 is 0 Å². The van der Waals surface area contributed by atoms with E-state index in [1.807, 2.05) is 30.3 Å². The van der Waals surface area contributed by atoms with Crippen LogP contribution in [0.15, 0.2) is 66.7 Å². The standard InChI is InChI=1S/C22H11ClO2/c23-20-15(11-10-14-6-2-1-3-7-14)12-13-18-19(20)22(25)17-9-5-4-8-16(17)21(18)24/h1-9,12-13H. The van der Waals surface area contributed by atoms with Crippen LogP contribution in [0.25, 0.3) is 0 Å². The van der Waals surface area contributed by atoms with E-state index in [0.717, 1.165) is 5.56 Å². The Bertz CT molecular complexity index is 1090. The number of hydrogen-bond acceptors (Lipinski definition) is 2. The van der Waals surface area contributed by atoms with Gasteiger partial charge >= 0.3 is 0 Å². The van der Waals surface area contributed by atoms with Crippen molar-refractivity contribution >= 4 is 23.2 Å². The topological polar surface area (TPSA) is 34.1 Å². The molecule has 0 N–H and O–H groups in total. The molecular formula is C22H11ClO2. The number of hydrogen-bond donors (Lipinski definition) is 0. The molecule has 118 valence electrons. The predicted molar refractivity (Wildman–Crippen MR) is 97.2 cm³/mol. The zero-order valence-corrected chi connectivity index (χ0v) is 13.8. The summed E-state index contributed by atoms with van der Waals surface area (Å²) in [5.74, 6) is 5.59. The maximum Gasteiger partial charge on any atom is 0.196 e. The molecule has 2 nitrogen and oxygen atoms in total. The number of ketones is 2. The van der Waals surface area contributed by atoms with Gasteiger partial charge in [-0.15, -0.1) is 0 Å². The van der Waals surface area contributed by atoms with Crippen LogP contribution in [-0.4, -0.2) is 11.6 Å². The molecule has 25 heavy (non-hydrogen) atoms. The molecule has 3 aromatic carbocycles. The molecule has 0 bridgehead atoms. The molecule has 3 heteroatoms. The molecule has 3 aromatic rings. The molecule has 0 saturated heterocycles. The average Bonchev–Trinajstić information content (AvgIpc) is 2.66. The van der Waals surface area contributed by atoms with E-state index in [-0.39, 0.29) is 22.2 Å². The molecule has 0 heterocycles. The van der Waals surface area contributed by atoms with E-state index in [0.29, 0.717) is 22.3 Å². The summed E-state index contributed by atoms with van der Waals surface area (Å²) in [5, 5.41) is 0.230. The first-order valence-electron chi connectivity index (χ1n) is 7.75. The Morgan fingerprint density at radius 2 is 1.28 bits per heavy atom. The van der Waals surface area contributed by atoms with Crippen LogP contribution in [0.3, 0.4) is 0 Å². The SMILES string of the molecule is O=C1c2ccccc2C(=O)c2c1ccc(C#Cc1ccccc1)c2Cl. The highest BCUT2D eigenvalue weighted by Crippen LogP contribution is 2.33. The van der Waals surface area contributed by atoms with Crippen molar-refractivity contribution in [2.24, 2.45) is 0 Å². The maximum absolute atomic E-state index is 12.8. The lowest BCUT2D eigenvalue weighted by Crippen LogP contribution is -2.21. The Morgan fingerprint density at radius 1 is 0.640 bits per heavy atom. The highest BCUT2D eigenvalue weighted by Gasteiger charge is 2.31. The van der Waals surface area contributed by atoms with Crippen LogP contribution in [-0.2, 0) is 0 Å². The minimum Gasteiger partial charge on any atom is -0.289 e. The third-order valence-corrected chi connectivity index (χ3v) is 4.54. The van der Waals surface area contributed by atoms with Gasteiger partial charge in [-0.25, -0.2) is 0 Å². The van der Waals surface area contributed by atoms with Crippen LogP contribution in [0.4, 0.5) is 0 Å². The zero-order chi connectivity index (χ0) is 17.4. The molecule has 1 aliphatic rings. The van der Waals surface area contributed by atoms with Gasteiger partial charge in [0.2, 0.25) is 0 Å². The van der Waals surface area contributed by atoms with Crippen molar-refractivity contribution in [3.05, 3.63) is 105 Å². The Balaban J connectivity index is 1.85. The van der Waals surface area contributed by atoms with E-state index in [4.69, 9.17) is 11.6 Å². The summed E-state index contributed by atoms with van der Waals surface area (Å²) in [4.78, 5) is 25.5. The van der Waals surface area contributed by atoms with Gasteiger partial charge in [-0.05, 0) is 24.3 Å². The molecule has 0 spiro atoms. The fourth-order valence-electron chi connectivity index (χ4n) is 2.90. The number of carbonyl (C=O) groups is 2. The number of carbonyl (C=O) groups excluding carboxylic acids is 2. The van der Waals surface area contributed by atoms with Gasteiger partial charge in [-0.2, -0.15) is 0 Å². The molecule has 0 fully saturated rings. The normalized spacial score (nSPS) is 12.0. The molecule has 0 saturated carbocycles. The van der Waals surface area contributed by atoms with E-state index in [1.165, 1.54) is 0 Å². The quantitative estimate of drug-likeness (QED) is 0.440. The van der Waals surface area contributed by atoms with Crippen LogP contribution in [0, 0.1) is 11.8 Å². The van der Waals surface area contributed by atoms with E-state index >= 15 is 0 Å². The largest absolute Gasteiger partial charge is 0.289 e. The van der Waals surface area contributed by atoms with Crippen LogP contribution >= 0.6 is 11.6 Å². The van der Waals surface area contributed by atoms with Crippen LogP contribution < -0.4 is 0 Å². The van der Waals surface area contributed by atoms with Gasteiger partial charge in [0.05, 0.1) is 10.6 Å². The van der Waals surface area contributed by atoms with Gasteiger partial charge in [0.15, 0.2) is 11.6 Å². The van der Waals surface area contributed by atoms with Gasteiger partial charge in [0, 0.05) is 27.8 Å². The number of benzene rings is 3. The second kappa shape index (κ2) is 6.05. The summed E-state index contributed by atoms with van der Waals surface area (Å²) in [6.07, 6.45) is 0. The lowest BCUT2D eigenvalue weighted by atomic mass is 9.83. The first kappa shape index (κ1) is 15.4. The fourth-order valence-corrected chi connectivity index (χ4v) is 3.20. The fraction of sp³-hybridized carbons (Fsp3) is 0. The van der Waals surface area contributed by atoms with Crippen molar-refractivity contribution in [1.82, 2.24) is 0 Å². The second-order valence-electron chi connectivity index (χ2n) is 5.67. The van der Waals surface area contributed by atoms with Crippen LogP contribution in [0.5, 0.6) is 0 Å². The number of rotatable bonds is 0. The first-order valence-corrected chi connectivity index (χ1v) is 8.12. The van der Waals surface area contributed by atoms with Gasteiger partial charge in [-0.1, -0.05) is 65.9 Å². The van der Waals surface area contributed by atoms with Crippen molar-refractivity contribution in [2.45, 2.75) is 0 Å². The van der Waals surface area contributed by atoms with Crippen molar-refractivity contribution in [3.63, 3.8) is 0 Å². The van der Waals surface area contributed by atoms with Crippen molar-refractivity contribution < 1.29 is 9.59 Å². The third kappa shape index (κ3) is 2.55. The van der Waals surface area contributed by atoms with E-state index in [1.54, 1.807) is 36.4 Å². The highest BCUT2D eigenvalue weighted by molar-refractivity contribution is 6.39. The summed E-state index contributed by atoms with van der Waals surface area (Å²) in [6, 6.07) is 19.6. The highest BCUT2D eigenvalue weighted by atomic mass is 35.5. The van der Waals surface area contributed by atoms with Crippen LogP contribution in [0.1, 0.15) is 43.0 Å². The monoisotopic (exact) mass is 342 g/mol. The number of fused-ring (bicyclic) bond motifs is 2. The van der Waals surface area contributed by atoms with Gasteiger partial charge in [0.25, 0.3) is 0 Å². The summed E-state index contributed by atoms with van der Waals surface area (Å²) >= 11 is 6.44. The molecule has 0 atom stereocenters. The minimum absolute atomic E-state index is 0.185. The van der Waals surface area contributed by atoms with E-state index in [2.05, 4.69) is 11.8 Å². The van der Waals surface area contributed by atoms with Crippen molar-refractivity contribution in [2.75, 3.05) is 0 Å². The molecule has 0 radical (unpaired) electrons.